The van der Waals surface area contributed by atoms with Crippen LogP contribution in [-0.2, 0) is 6.42 Å². The van der Waals surface area contributed by atoms with E-state index in [1.165, 1.54) is 0 Å². The van der Waals surface area contributed by atoms with Gasteiger partial charge >= 0.3 is 0 Å². The van der Waals surface area contributed by atoms with E-state index >= 15 is 0 Å². The van der Waals surface area contributed by atoms with Crippen molar-refractivity contribution >= 4 is 5.91 Å². The van der Waals surface area contributed by atoms with Crippen LogP contribution >= 0.6 is 0 Å². The Morgan fingerprint density at radius 1 is 0.933 bits per heavy atom. The molecule has 3 aromatic carbocycles. The molecule has 1 N–H and O–H groups in total. The van der Waals surface area contributed by atoms with E-state index in [0.29, 0.717) is 30.2 Å². The van der Waals surface area contributed by atoms with Crippen molar-refractivity contribution in [2.24, 2.45) is 0 Å². The van der Waals surface area contributed by atoms with Crippen molar-refractivity contribution in [3.8, 4) is 28.3 Å². The van der Waals surface area contributed by atoms with E-state index in [1.807, 2.05) is 72.8 Å². The van der Waals surface area contributed by atoms with Crippen LogP contribution in [0.2, 0.25) is 0 Å². The summed E-state index contributed by atoms with van der Waals surface area (Å²) in [6, 6.07) is 25.0. The van der Waals surface area contributed by atoms with Gasteiger partial charge in [0.15, 0.2) is 0 Å². The fourth-order valence-electron chi connectivity index (χ4n) is 3.09. The zero-order valence-corrected chi connectivity index (χ0v) is 16.5. The second-order valence-electron chi connectivity index (χ2n) is 6.70. The van der Waals surface area contributed by atoms with Gasteiger partial charge in [-0.3, -0.25) is 4.79 Å². The number of hydrogen-bond donors (Lipinski definition) is 1. The van der Waals surface area contributed by atoms with Gasteiger partial charge in [-0.15, -0.1) is 0 Å². The highest BCUT2D eigenvalue weighted by molar-refractivity contribution is 5.95. The van der Waals surface area contributed by atoms with Crippen LogP contribution in [0.5, 0.6) is 5.75 Å². The number of nitrogens with one attached hydrogen (secondary N) is 1. The van der Waals surface area contributed by atoms with Gasteiger partial charge in [0.25, 0.3) is 5.91 Å². The van der Waals surface area contributed by atoms with Crippen LogP contribution in [0.3, 0.4) is 0 Å². The number of rotatable bonds is 7. The molecule has 1 amide bonds. The van der Waals surface area contributed by atoms with Crippen molar-refractivity contribution in [1.29, 1.82) is 0 Å². The Morgan fingerprint density at radius 3 is 2.53 bits per heavy atom. The van der Waals surface area contributed by atoms with Crippen molar-refractivity contribution < 1.29 is 14.1 Å². The summed E-state index contributed by atoms with van der Waals surface area (Å²) in [6.45, 7) is 0.397. The number of benzene rings is 3. The molecule has 0 saturated heterocycles. The molecule has 0 spiro atoms. The second-order valence-corrected chi connectivity index (χ2v) is 6.70. The molecular formula is C24H21N3O3. The van der Waals surface area contributed by atoms with E-state index < -0.39 is 0 Å². The molecule has 0 unspecified atom stereocenters. The first-order chi connectivity index (χ1) is 14.7. The van der Waals surface area contributed by atoms with Crippen LogP contribution < -0.4 is 10.1 Å². The van der Waals surface area contributed by atoms with Gasteiger partial charge < -0.3 is 14.6 Å². The number of methoxy groups -OCH3 is 1. The van der Waals surface area contributed by atoms with Crippen molar-refractivity contribution in [3.63, 3.8) is 0 Å². The lowest BCUT2D eigenvalue weighted by molar-refractivity contribution is 0.0953. The maximum Gasteiger partial charge on any atom is 0.251 e. The van der Waals surface area contributed by atoms with E-state index in [2.05, 4.69) is 15.5 Å². The highest BCUT2D eigenvalue weighted by atomic mass is 16.5. The molecule has 0 bridgehead atoms. The van der Waals surface area contributed by atoms with Crippen LogP contribution in [0.15, 0.2) is 83.4 Å². The number of aromatic nitrogens is 2. The number of amides is 1. The van der Waals surface area contributed by atoms with Gasteiger partial charge in [-0.05, 0) is 35.4 Å². The molecule has 1 heterocycles. The third-order valence-electron chi connectivity index (χ3n) is 4.65. The summed E-state index contributed by atoms with van der Waals surface area (Å²) in [5, 5.41) is 6.92. The van der Waals surface area contributed by atoms with E-state index in [0.717, 1.165) is 22.4 Å². The quantitative estimate of drug-likeness (QED) is 0.499. The summed E-state index contributed by atoms with van der Waals surface area (Å²) in [7, 11) is 1.61. The number of ether oxygens (including phenoxy) is 1. The van der Waals surface area contributed by atoms with Crippen molar-refractivity contribution in [2.75, 3.05) is 13.7 Å². The Hall–Kier alpha value is -3.93. The van der Waals surface area contributed by atoms with Crippen LogP contribution in [0.1, 0.15) is 16.2 Å². The first-order valence-electron chi connectivity index (χ1n) is 9.63. The monoisotopic (exact) mass is 399 g/mol. The van der Waals surface area contributed by atoms with Crippen LogP contribution in [0, 0.1) is 0 Å². The van der Waals surface area contributed by atoms with E-state index in [9.17, 15) is 4.79 Å². The van der Waals surface area contributed by atoms with Crippen molar-refractivity contribution in [2.45, 2.75) is 6.42 Å². The maximum absolute atomic E-state index is 12.5. The molecule has 1 aromatic heterocycles. The zero-order chi connectivity index (χ0) is 20.8. The summed E-state index contributed by atoms with van der Waals surface area (Å²) < 4.78 is 10.5. The fourth-order valence-corrected chi connectivity index (χ4v) is 3.09. The molecule has 6 nitrogen and oxygen atoms in total. The summed E-state index contributed by atoms with van der Waals surface area (Å²) in [5.74, 6) is 1.54. The largest absolute Gasteiger partial charge is 0.497 e. The molecule has 150 valence electrons. The summed E-state index contributed by atoms with van der Waals surface area (Å²) >= 11 is 0. The van der Waals surface area contributed by atoms with E-state index in [4.69, 9.17) is 9.26 Å². The maximum atomic E-state index is 12.5. The Labute approximate surface area is 174 Å². The molecule has 6 heteroatoms. The average molecular weight is 399 g/mol. The third kappa shape index (κ3) is 4.55. The Balaban J connectivity index is 1.36. The third-order valence-corrected chi connectivity index (χ3v) is 4.65. The Morgan fingerprint density at radius 2 is 1.70 bits per heavy atom. The number of carbonyl (C=O) groups is 1. The topological polar surface area (TPSA) is 77.3 Å². The van der Waals surface area contributed by atoms with Gasteiger partial charge in [0.05, 0.1) is 7.11 Å². The number of hydrogen-bond acceptors (Lipinski definition) is 5. The minimum absolute atomic E-state index is 0.139. The smallest absolute Gasteiger partial charge is 0.251 e. The number of carbonyl (C=O) groups excluding carboxylic acids is 1. The molecule has 4 aromatic rings. The SMILES string of the molecule is COc1cccc(-c2noc(CCNC(=O)c3cccc(-c4ccccc4)c3)n2)c1. The number of nitrogens with zero attached hydrogens (tertiary/aromatic N) is 2. The highest BCUT2D eigenvalue weighted by Gasteiger charge is 2.11. The predicted octanol–water partition coefficient (Wildman–Crippen LogP) is 4.38. The lowest BCUT2D eigenvalue weighted by Crippen LogP contribution is -2.25. The van der Waals surface area contributed by atoms with Crippen LogP contribution in [0.4, 0.5) is 0 Å². The summed E-state index contributed by atoms with van der Waals surface area (Å²) in [4.78, 5) is 16.9. The lowest BCUT2D eigenvalue weighted by atomic mass is 10.0. The van der Waals surface area contributed by atoms with E-state index in [-0.39, 0.29) is 5.91 Å². The van der Waals surface area contributed by atoms with Crippen LogP contribution in [0.25, 0.3) is 22.5 Å². The zero-order valence-electron chi connectivity index (χ0n) is 16.5. The predicted molar refractivity (Wildman–Crippen MR) is 114 cm³/mol. The molecule has 0 aliphatic rings. The van der Waals surface area contributed by atoms with Crippen molar-refractivity contribution in [1.82, 2.24) is 15.5 Å². The summed E-state index contributed by atoms with van der Waals surface area (Å²) in [6.07, 6.45) is 0.446. The Kier molecular flexibility index (Phi) is 5.85. The average Bonchev–Trinajstić information content (AvgIpc) is 3.29. The minimum Gasteiger partial charge on any atom is -0.497 e. The molecule has 0 atom stereocenters. The van der Waals surface area contributed by atoms with Gasteiger partial charge in [-0.1, -0.05) is 59.8 Å². The highest BCUT2D eigenvalue weighted by Crippen LogP contribution is 2.22. The molecule has 0 aliphatic heterocycles. The molecule has 0 fully saturated rings. The molecule has 0 radical (unpaired) electrons. The first kappa shape index (κ1) is 19.4. The molecule has 30 heavy (non-hydrogen) atoms. The fraction of sp³-hybridized carbons (Fsp3) is 0.125. The van der Waals surface area contributed by atoms with E-state index in [1.54, 1.807) is 13.2 Å². The van der Waals surface area contributed by atoms with Crippen molar-refractivity contribution in [3.05, 3.63) is 90.3 Å². The van der Waals surface area contributed by atoms with Gasteiger partial charge in [0.2, 0.25) is 11.7 Å². The van der Waals surface area contributed by atoms with Crippen LogP contribution in [-0.4, -0.2) is 29.7 Å². The molecular weight excluding hydrogens is 378 g/mol. The second kappa shape index (κ2) is 9.05. The van der Waals surface area contributed by atoms with Gasteiger partial charge in [-0.25, -0.2) is 0 Å². The molecule has 4 rings (SSSR count). The standard InChI is InChI=1S/C24H21N3O3/c1-29-21-12-6-10-19(16-21)23-26-22(30-27-23)13-14-25-24(28)20-11-5-9-18(15-20)17-7-3-2-4-8-17/h2-12,15-16H,13-14H2,1H3,(H,25,28). The normalized spacial score (nSPS) is 10.6. The van der Waals surface area contributed by atoms with Gasteiger partial charge in [0.1, 0.15) is 5.75 Å². The van der Waals surface area contributed by atoms with Gasteiger partial charge in [-0.2, -0.15) is 4.98 Å². The first-order valence-corrected chi connectivity index (χ1v) is 9.63. The molecule has 0 aliphatic carbocycles. The Bertz CT molecular complexity index is 1140. The summed E-state index contributed by atoms with van der Waals surface area (Å²) in [5.41, 5.74) is 3.50. The minimum atomic E-state index is -0.139. The van der Waals surface area contributed by atoms with Gasteiger partial charge in [0, 0.05) is 24.1 Å². The molecule has 0 saturated carbocycles. The lowest BCUT2D eigenvalue weighted by Gasteiger charge is -2.06.